The van der Waals surface area contributed by atoms with E-state index in [9.17, 15) is 4.79 Å². The van der Waals surface area contributed by atoms with Crippen LogP contribution in [-0.2, 0) is 0 Å². The number of hydrogen-bond acceptors (Lipinski definition) is 4. The predicted octanol–water partition coefficient (Wildman–Crippen LogP) is 4.20. The molecule has 0 aliphatic carbocycles. The number of anilines is 1. The molecule has 116 valence electrons. The van der Waals surface area contributed by atoms with Crippen LogP contribution in [0.4, 0.5) is 5.69 Å². The number of hydrogen-bond donors (Lipinski definition) is 1. The summed E-state index contributed by atoms with van der Waals surface area (Å²) in [5.41, 5.74) is 0.763. The molecule has 7 heteroatoms. The highest BCUT2D eigenvalue weighted by Crippen LogP contribution is 2.31. The lowest BCUT2D eigenvalue weighted by Gasteiger charge is -2.12. The number of aromatic nitrogens is 2. The van der Waals surface area contributed by atoms with E-state index in [-0.39, 0.29) is 16.0 Å². The normalized spacial score (nSPS) is 10.6. The number of pyridine rings is 2. The maximum atomic E-state index is 12.6. The van der Waals surface area contributed by atoms with Crippen LogP contribution < -0.4 is 10.1 Å². The van der Waals surface area contributed by atoms with Crippen molar-refractivity contribution in [3.63, 3.8) is 0 Å². The Morgan fingerprint density at radius 2 is 1.78 bits per heavy atom. The van der Waals surface area contributed by atoms with Crippen LogP contribution in [-0.4, -0.2) is 23.0 Å². The molecule has 0 bridgehead atoms. The topological polar surface area (TPSA) is 64.1 Å². The van der Waals surface area contributed by atoms with E-state index in [2.05, 4.69) is 15.3 Å². The molecule has 3 rings (SSSR count). The maximum Gasteiger partial charge on any atom is 0.256 e. The van der Waals surface area contributed by atoms with Crippen LogP contribution in [0.2, 0.25) is 10.0 Å². The lowest BCUT2D eigenvalue weighted by Crippen LogP contribution is -2.13. The summed E-state index contributed by atoms with van der Waals surface area (Å²) in [5.74, 6) is 0.319. The van der Waals surface area contributed by atoms with Gasteiger partial charge in [0.1, 0.15) is 5.75 Å². The molecule has 0 saturated carbocycles. The smallest absolute Gasteiger partial charge is 0.256 e. The van der Waals surface area contributed by atoms with Gasteiger partial charge in [0.15, 0.2) is 0 Å². The standard InChI is InChI=1S/C16H11Cl2N3O2/c1-23-14-3-2-10(11-6-19-5-4-9(11)14)16(22)21-15-12(17)7-20-8-13(15)18/h2-8H,1H3,(H,20,21,22). The van der Waals surface area contributed by atoms with Crippen LogP contribution in [0.3, 0.4) is 0 Å². The van der Waals surface area contributed by atoms with Gasteiger partial charge in [-0.15, -0.1) is 0 Å². The summed E-state index contributed by atoms with van der Waals surface area (Å²) < 4.78 is 5.31. The van der Waals surface area contributed by atoms with Gasteiger partial charge in [-0.1, -0.05) is 23.2 Å². The third-order valence-corrected chi connectivity index (χ3v) is 3.91. The number of nitrogens with zero attached hydrogens (tertiary/aromatic N) is 2. The molecule has 2 heterocycles. The number of methoxy groups -OCH3 is 1. The summed E-state index contributed by atoms with van der Waals surface area (Å²) in [5, 5.41) is 4.71. The zero-order valence-electron chi connectivity index (χ0n) is 12.0. The number of fused-ring (bicyclic) bond motifs is 1. The molecule has 0 aliphatic rings. The summed E-state index contributed by atoms with van der Waals surface area (Å²) in [6, 6.07) is 5.19. The number of rotatable bonds is 3. The number of ether oxygens (including phenoxy) is 1. The highest BCUT2D eigenvalue weighted by molar-refractivity contribution is 6.39. The van der Waals surface area contributed by atoms with Crippen LogP contribution in [0, 0.1) is 0 Å². The lowest BCUT2D eigenvalue weighted by molar-refractivity contribution is 0.102. The van der Waals surface area contributed by atoms with Gasteiger partial charge in [0.05, 0.1) is 22.8 Å². The summed E-state index contributed by atoms with van der Waals surface area (Å²) in [6.07, 6.45) is 6.08. The molecule has 1 N–H and O–H groups in total. The van der Waals surface area contributed by atoms with Gasteiger partial charge in [0.2, 0.25) is 0 Å². The Kier molecular flexibility index (Phi) is 4.32. The third kappa shape index (κ3) is 2.93. The van der Waals surface area contributed by atoms with E-state index in [1.807, 2.05) is 0 Å². The molecule has 0 radical (unpaired) electrons. The number of carbonyl (C=O) groups is 1. The molecular formula is C16H11Cl2N3O2. The minimum Gasteiger partial charge on any atom is -0.496 e. The predicted molar refractivity (Wildman–Crippen MR) is 90.5 cm³/mol. The first-order chi connectivity index (χ1) is 11.1. The van der Waals surface area contributed by atoms with Crippen molar-refractivity contribution in [2.24, 2.45) is 0 Å². The van der Waals surface area contributed by atoms with Gasteiger partial charge in [-0.3, -0.25) is 14.8 Å². The Morgan fingerprint density at radius 1 is 1.04 bits per heavy atom. The van der Waals surface area contributed by atoms with Gasteiger partial charge in [-0.2, -0.15) is 0 Å². The summed E-state index contributed by atoms with van der Waals surface area (Å²) in [6.45, 7) is 0. The number of benzene rings is 1. The van der Waals surface area contributed by atoms with E-state index >= 15 is 0 Å². The van der Waals surface area contributed by atoms with Gasteiger partial charge in [-0.25, -0.2) is 0 Å². The number of carbonyl (C=O) groups excluding carboxylic acids is 1. The molecule has 0 aliphatic heterocycles. The average Bonchev–Trinajstić information content (AvgIpc) is 2.57. The van der Waals surface area contributed by atoms with Gasteiger partial charge in [-0.05, 0) is 18.2 Å². The van der Waals surface area contributed by atoms with Gasteiger partial charge in [0, 0.05) is 41.1 Å². The van der Waals surface area contributed by atoms with Crippen molar-refractivity contribution < 1.29 is 9.53 Å². The Morgan fingerprint density at radius 3 is 2.48 bits per heavy atom. The molecule has 0 unspecified atom stereocenters. The van der Waals surface area contributed by atoms with Gasteiger partial charge >= 0.3 is 0 Å². The van der Waals surface area contributed by atoms with E-state index in [4.69, 9.17) is 27.9 Å². The second-order valence-electron chi connectivity index (χ2n) is 4.67. The first kappa shape index (κ1) is 15.5. The Bertz CT molecular complexity index is 879. The van der Waals surface area contributed by atoms with E-state index < -0.39 is 0 Å². The molecule has 2 aromatic heterocycles. The molecule has 0 saturated heterocycles. The third-order valence-electron chi connectivity index (χ3n) is 3.33. The van der Waals surface area contributed by atoms with Crippen molar-refractivity contribution in [1.82, 2.24) is 9.97 Å². The average molecular weight is 348 g/mol. The van der Waals surface area contributed by atoms with Crippen molar-refractivity contribution in [2.75, 3.05) is 12.4 Å². The van der Waals surface area contributed by atoms with E-state index in [1.54, 1.807) is 37.7 Å². The quantitative estimate of drug-likeness (QED) is 0.771. The zero-order valence-corrected chi connectivity index (χ0v) is 13.5. The van der Waals surface area contributed by atoms with Crippen molar-refractivity contribution in [3.05, 3.63) is 58.6 Å². The van der Waals surface area contributed by atoms with Crippen molar-refractivity contribution >= 4 is 45.6 Å². The molecule has 23 heavy (non-hydrogen) atoms. The number of nitrogens with one attached hydrogen (secondary N) is 1. The van der Waals surface area contributed by atoms with Crippen LogP contribution in [0.15, 0.2) is 43.0 Å². The Balaban J connectivity index is 2.05. The van der Waals surface area contributed by atoms with E-state index in [1.165, 1.54) is 12.4 Å². The second kappa shape index (κ2) is 6.40. The zero-order chi connectivity index (χ0) is 16.4. The molecule has 0 spiro atoms. The monoisotopic (exact) mass is 347 g/mol. The minimum atomic E-state index is -0.347. The molecule has 5 nitrogen and oxygen atoms in total. The summed E-state index contributed by atoms with van der Waals surface area (Å²) >= 11 is 12.1. The van der Waals surface area contributed by atoms with Crippen LogP contribution in [0.25, 0.3) is 10.8 Å². The summed E-state index contributed by atoms with van der Waals surface area (Å²) in [4.78, 5) is 20.5. The van der Waals surface area contributed by atoms with Crippen LogP contribution in [0.5, 0.6) is 5.75 Å². The molecule has 0 atom stereocenters. The SMILES string of the molecule is COc1ccc(C(=O)Nc2c(Cl)cncc2Cl)c2cnccc12. The van der Waals surface area contributed by atoms with Crippen molar-refractivity contribution in [1.29, 1.82) is 0 Å². The van der Waals surface area contributed by atoms with Crippen LogP contribution in [0.1, 0.15) is 10.4 Å². The van der Waals surface area contributed by atoms with Crippen molar-refractivity contribution in [2.45, 2.75) is 0 Å². The highest BCUT2D eigenvalue weighted by Gasteiger charge is 2.16. The number of halogens is 2. The fourth-order valence-corrected chi connectivity index (χ4v) is 2.71. The molecule has 3 aromatic rings. The first-order valence-corrected chi connectivity index (χ1v) is 7.38. The Labute approximate surface area is 142 Å². The largest absolute Gasteiger partial charge is 0.496 e. The molecule has 1 aromatic carbocycles. The highest BCUT2D eigenvalue weighted by atomic mass is 35.5. The van der Waals surface area contributed by atoms with Gasteiger partial charge in [0.25, 0.3) is 5.91 Å². The fraction of sp³-hybridized carbons (Fsp3) is 0.0625. The molecule has 1 amide bonds. The first-order valence-electron chi connectivity index (χ1n) is 6.63. The maximum absolute atomic E-state index is 12.6. The van der Waals surface area contributed by atoms with Crippen molar-refractivity contribution in [3.8, 4) is 5.75 Å². The Hall–Kier alpha value is -2.37. The van der Waals surface area contributed by atoms with E-state index in [0.717, 1.165) is 5.39 Å². The molecular weight excluding hydrogens is 337 g/mol. The van der Waals surface area contributed by atoms with Gasteiger partial charge < -0.3 is 10.1 Å². The van der Waals surface area contributed by atoms with E-state index in [0.29, 0.717) is 22.4 Å². The number of amides is 1. The fourth-order valence-electron chi connectivity index (χ4n) is 2.25. The van der Waals surface area contributed by atoms with Crippen LogP contribution >= 0.6 is 23.2 Å². The summed E-state index contributed by atoms with van der Waals surface area (Å²) in [7, 11) is 1.57. The second-order valence-corrected chi connectivity index (χ2v) is 5.48. The molecule has 0 fully saturated rings. The lowest BCUT2D eigenvalue weighted by atomic mass is 10.1. The minimum absolute atomic E-state index is 0.266.